The van der Waals surface area contributed by atoms with Crippen molar-refractivity contribution in [1.82, 2.24) is 10.3 Å². The van der Waals surface area contributed by atoms with Crippen molar-refractivity contribution in [2.45, 2.75) is 19.8 Å². The number of alkyl halides is 1. The first-order valence-electron chi connectivity index (χ1n) is 8.89. The Bertz CT molecular complexity index is 972. The minimum Gasteiger partial charge on any atom is -0.494 e. The average Bonchev–Trinajstić information content (AvgIpc) is 3.10. The molecule has 6 nitrogen and oxygen atoms in total. The fraction of sp³-hybridized carbons (Fsp3) is 0.250. The Morgan fingerprint density at radius 2 is 2.04 bits per heavy atom. The predicted octanol–water partition coefficient (Wildman–Crippen LogP) is 4.73. The number of aromatic nitrogens is 1. The lowest BCUT2D eigenvalue weighted by atomic mass is 10.2. The lowest BCUT2D eigenvalue weighted by Gasteiger charge is -2.08. The highest BCUT2D eigenvalue weighted by Gasteiger charge is 2.10. The number of carbonyl (C=O) groups excluding carboxylic acids is 1. The molecule has 0 radical (unpaired) electrons. The first-order chi connectivity index (χ1) is 13.6. The van der Waals surface area contributed by atoms with Gasteiger partial charge in [0.1, 0.15) is 11.3 Å². The Kier molecular flexibility index (Phi) is 6.84. The molecule has 0 saturated heterocycles. The van der Waals surface area contributed by atoms with Crippen molar-refractivity contribution in [3.05, 3.63) is 42.5 Å². The van der Waals surface area contributed by atoms with E-state index in [1.165, 1.54) is 0 Å². The third-order valence-corrected chi connectivity index (χ3v) is 4.32. The van der Waals surface area contributed by atoms with E-state index in [9.17, 15) is 4.79 Å². The molecule has 8 heteroatoms. The maximum Gasteiger partial charge on any atom is 0.227 e. The van der Waals surface area contributed by atoms with Crippen molar-refractivity contribution < 1.29 is 13.9 Å². The van der Waals surface area contributed by atoms with Crippen LogP contribution in [0, 0.1) is 0 Å². The number of thiocarbonyl (C=S) groups is 1. The summed E-state index contributed by atoms with van der Waals surface area (Å²) in [5, 5.41) is 5.84. The van der Waals surface area contributed by atoms with Crippen LogP contribution in [0.2, 0.25) is 0 Å². The number of oxazole rings is 1. The molecule has 0 aliphatic carbocycles. The molecule has 0 fully saturated rings. The largest absolute Gasteiger partial charge is 0.494 e. The van der Waals surface area contributed by atoms with Gasteiger partial charge >= 0.3 is 0 Å². The Morgan fingerprint density at radius 3 is 2.75 bits per heavy atom. The number of benzene rings is 2. The monoisotopic (exact) mass is 417 g/mol. The molecule has 0 saturated carbocycles. The Hall–Kier alpha value is -2.64. The number of fused-ring (bicyclic) bond motifs is 1. The highest BCUT2D eigenvalue weighted by Crippen LogP contribution is 2.27. The zero-order valence-electron chi connectivity index (χ0n) is 15.3. The van der Waals surface area contributed by atoms with Gasteiger partial charge in [0.05, 0.1) is 6.61 Å². The van der Waals surface area contributed by atoms with Crippen molar-refractivity contribution >= 4 is 51.6 Å². The molecule has 1 aromatic heterocycles. The quantitative estimate of drug-likeness (QED) is 0.427. The van der Waals surface area contributed by atoms with Crippen LogP contribution in [0.3, 0.4) is 0 Å². The van der Waals surface area contributed by atoms with E-state index in [1.54, 1.807) is 6.07 Å². The smallest absolute Gasteiger partial charge is 0.227 e. The number of hydrogen-bond acceptors (Lipinski definition) is 5. The van der Waals surface area contributed by atoms with Crippen LogP contribution in [0.25, 0.3) is 22.6 Å². The topological polar surface area (TPSA) is 76.4 Å². The molecule has 0 atom stereocenters. The molecule has 1 amide bonds. The first kappa shape index (κ1) is 20.1. The lowest BCUT2D eigenvalue weighted by molar-refractivity contribution is -0.119. The molecule has 146 valence electrons. The van der Waals surface area contributed by atoms with Crippen LogP contribution in [-0.2, 0) is 4.79 Å². The molecule has 0 spiro atoms. The molecule has 0 aliphatic rings. The van der Waals surface area contributed by atoms with Gasteiger partial charge in [0.2, 0.25) is 11.8 Å². The predicted molar refractivity (Wildman–Crippen MR) is 115 cm³/mol. The van der Waals surface area contributed by atoms with Crippen molar-refractivity contribution in [3.8, 4) is 17.2 Å². The van der Waals surface area contributed by atoms with Gasteiger partial charge < -0.3 is 19.8 Å². The molecule has 3 rings (SSSR count). The van der Waals surface area contributed by atoms with Gasteiger partial charge in [-0.25, -0.2) is 4.98 Å². The van der Waals surface area contributed by atoms with Crippen LogP contribution in [0.4, 0.5) is 5.69 Å². The Balaban J connectivity index is 1.70. The number of nitrogens with one attached hydrogen (secondary N) is 2. The molecule has 28 heavy (non-hydrogen) atoms. The zero-order chi connectivity index (χ0) is 19.9. The minimum atomic E-state index is -0.168. The Morgan fingerprint density at radius 1 is 1.25 bits per heavy atom. The highest BCUT2D eigenvalue weighted by atomic mass is 35.5. The molecular formula is C20H20ClN3O3S. The second kappa shape index (κ2) is 9.52. The number of hydrogen-bond donors (Lipinski definition) is 2. The van der Waals surface area contributed by atoms with E-state index in [4.69, 9.17) is 33.0 Å². The van der Waals surface area contributed by atoms with Crippen LogP contribution >= 0.6 is 23.8 Å². The second-order valence-electron chi connectivity index (χ2n) is 5.95. The van der Waals surface area contributed by atoms with Crippen LogP contribution in [-0.4, -0.2) is 28.5 Å². The molecule has 0 aliphatic heterocycles. The number of halogens is 1. The molecule has 0 unspecified atom stereocenters. The van der Waals surface area contributed by atoms with Crippen molar-refractivity contribution in [1.29, 1.82) is 0 Å². The van der Waals surface area contributed by atoms with E-state index in [1.807, 2.05) is 43.3 Å². The standard InChI is InChI=1S/C20H20ClN3O3S/c1-2-26-15-8-5-13(6-9-15)19-23-16-12-14(7-10-17(16)27-19)22-20(28)24-18(25)4-3-11-21/h5-10,12H,2-4,11H2,1H3,(H2,22,24,25,28). The van der Waals surface area contributed by atoms with E-state index in [2.05, 4.69) is 15.6 Å². The molecule has 2 N–H and O–H groups in total. The van der Waals surface area contributed by atoms with Crippen molar-refractivity contribution in [2.24, 2.45) is 0 Å². The summed E-state index contributed by atoms with van der Waals surface area (Å²) in [5.74, 6) is 1.59. The SMILES string of the molecule is CCOc1ccc(-c2nc3cc(NC(=S)NC(=O)CCCCl)ccc3o2)cc1. The molecular weight excluding hydrogens is 398 g/mol. The zero-order valence-corrected chi connectivity index (χ0v) is 16.9. The third kappa shape index (κ3) is 5.21. The fourth-order valence-electron chi connectivity index (χ4n) is 2.57. The highest BCUT2D eigenvalue weighted by molar-refractivity contribution is 7.80. The summed E-state index contributed by atoms with van der Waals surface area (Å²) >= 11 is 10.8. The summed E-state index contributed by atoms with van der Waals surface area (Å²) in [6.07, 6.45) is 0.939. The van der Waals surface area contributed by atoms with Crippen molar-refractivity contribution in [2.75, 3.05) is 17.8 Å². The van der Waals surface area contributed by atoms with Crippen molar-refractivity contribution in [3.63, 3.8) is 0 Å². The number of nitrogens with zero attached hydrogens (tertiary/aromatic N) is 1. The molecule has 3 aromatic rings. The van der Waals surface area contributed by atoms with Crippen LogP contribution in [0.1, 0.15) is 19.8 Å². The summed E-state index contributed by atoms with van der Waals surface area (Å²) in [6.45, 7) is 2.56. The van der Waals surface area contributed by atoms with Crippen LogP contribution in [0.15, 0.2) is 46.9 Å². The maximum atomic E-state index is 11.7. The summed E-state index contributed by atoms with van der Waals surface area (Å²) < 4.78 is 11.3. The van der Waals surface area contributed by atoms with Gasteiger partial charge in [-0.15, -0.1) is 11.6 Å². The van der Waals surface area contributed by atoms with Gasteiger partial charge in [0.15, 0.2) is 10.7 Å². The lowest BCUT2D eigenvalue weighted by Crippen LogP contribution is -2.33. The number of anilines is 1. The van der Waals surface area contributed by atoms with E-state index in [0.29, 0.717) is 48.0 Å². The average molecular weight is 418 g/mol. The van der Waals surface area contributed by atoms with E-state index in [0.717, 1.165) is 11.3 Å². The normalized spacial score (nSPS) is 10.6. The molecule has 1 heterocycles. The maximum absolute atomic E-state index is 11.7. The number of rotatable bonds is 7. The van der Waals surface area contributed by atoms with Crippen LogP contribution < -0.4 is 15.4 Å². The Labute approximate surface area is 173 Å². The summed E-state index contributed by atoms with van der Waals surface area (Å²) in [6, 6.07) is 13.0. The minimum absolute atomic E-state index is 0.168. The summed E-state index contributed by atoms with van der Waals surface area (Å²) in [5.41, 5.74) is 2.91. The summed E-state index contributed by atoms with van der Waals surface area (Å²) in [7, 11) is 0. The number of ether oxygens (including phenoxy) is 1. The van der Waals surface area contributed by atoms with E-state index in [-0.39, 0.29) is 11.0 Å². The van der Waals surface area contributed by atoms with Gasteiger partial charge in [-0.2, -0.15) is 0 Å². The van der Waals surface area contributed by atoms with Gasteiger partial charge in [-0.1, -0.05) is 0 Å². The molecule has 2 aromatic carbocycles. The van der Waals surface area contributed by atoms with Gasteiger partial charge in [-0.3, -0.25) is 4.79 Å². The fourth-order valence-corrected chi connectivity index (χ4v) is 2.93. The van der Waals surface area contributed by atoms with Gasteiger partial charge in [0.25, 0.3) is 0 Å². The van der Waals surface area contributed by atoms with E-state index < -0.39 is 0 Å². The number of carbonyl (C=O) groups is 1. The number of amides is 1. The van der Waals surface area contributed by atoms with E-state index >= 15 is 0 Å². The van der Waals surface area contributed by atoms with Gasteiger partial charge in [0, 0.05) is 23.6 Å². The second-order valence-corrected chi connectivity index (χ2v) is 6.74. The summed E-state index contributed by atoms with van der Waals surface area (Å²) in [4.78, 5) is 16.2. The molecule has 0 bridgehead atoms. The first-order valence-corrected chi connectivity index (χ1v) is 9.84. The third-order valence-electron chi connectivity index (χ3n) is 3.85. The van der Waals surface area contributed by atoms with Gasteiger partial charge in [-0.05, 0) is 68.0 Å². The van der Waals surface area contributed by atoms with Crippen LogP contribution in [0.5, 0.6) is 5.75 Å².